The SMILES string of the molecule is COc1ccc(C(C)(C)CN=C(N)Nc2ccc(C)cc2)cc1OC. The summed E-state index contributed by atoms with van der Waals surface area (Å²) in [6, 6.07) is 14.0. The average molecular weight is 341 g/mol. The highest BCUT2D eigenvalue weighted by Gasteiger charge is 2.22. The van der Waals surface area contributed by atoms with Gasteiger partial charge in [-0.25, -0.2) is 0 Å². The fourth-order valence-corrected chi connectivity index (χ4v) is 2.46. The summed E-state index contributed by atoms with van der Waals surface area (Å²) in [5.41, 5.74) is 9.07. The molecule has 0 aliphatic rings. The molecule has 134 valence electrons. The van der Waals surface area contributed by atoms with Crippen molar-refractivity contribution >= 4 is 11.6 Å². The zero-order chi connectivity index (χ0) is 18.4. The highest BCUT2D eigenvalue weighted by atomic mass is 16.5. The molecule has 0 amide bonds. The molecule has 2 aromatic carbocycles. The number of aryl methyl sites for hydroxylation is 1. The van der Waals surface area contributed by atoms with Gasteiger partial charge in [-0.15, -0.1) is 0 Å². The molecule has 0 heterocycles. The molecule has 0 unspecified atom stereocenters. The number of aliphatic imine (C=N–C) groups is 1. The first-order valence-electron chi connectivity index (χ1n) is 8.22. The monoisotopic (exact) mass is 341 g/mol. The molecule has 2 aromatic rings. The minimum atomic E-state index is -0.195. The Morgan fingerprint density at radius 1 is 1.04 bits per heavy atom. The maximum absolute atomic E-state index is 6.02. The van der Waals surface area contributed by atoms with Crippen molar-refractivity contribution < 1.29 is 9.47 Å². The zero-order valence-electron chi connectivity index (χ0n) is 15.6. The van der Waals surface area contributed by atoms with E-state index in [9.17, 15) is 0 Å². The van der Waals surface area contributed by atoms with Gasteiger partial charge in [-0.3, -0.25) is 4.99 Å². The number of nitrogens with two attached hydrogens (primary N) is 1. The Bertz CT molecular complexity index is 737. The number of ether oxygens (including phenoxy) is 2. The predicted octanol–water partition coefficient (Wildman–Crippen LogP) is 3.72. The summed E-state index contributed by atoms with van der Waals surface area (Å²) in [6.07, 6.45) is 0. The molecule has 0 saturated heterocycles. The van der Waals surface area contributed by atoms with E-state index in [0.717, 1.165) is 11.3 Å². The molecule has 0 spiro atoms. The van der Waals surface area contributed by atoms with Gasteiger partial charge in [-0.2, -0.15) is 0 Å². The lowest BCUT2D eigenvalue weighted by Crippen LogP contribution is -2.27. The summed E-state index contributed by atoms with van der Waals surface area (Å²) in [4.78, 5) is 4.50. The van der Waals surface area contributed by atoms with Gasteiger partial charge in [0.15, 0.2) is 17.5 Å². The molecular weight excluding hydrogens is 314 g/mol. The summed E-state index contributed by atoms with van der Waals surface area (Å²) in [5, 5.41) is 3.12. The van der Waals surface area contributed by atoms with Crippen LogP contribution >= 0.6 is 0 Å². The lowest BCUT2D eigenvalue weighted by atomic mass is 9.84. The molecule has 0 aliphatic heterocycles. The third-order valence-electron chi connectivity index (χ3n) is 4.13. The third kappa shape index (κ3) is 4.89. The Morgan fingerprint density at radius 2 is 1.68 bits per heavy atom. The third-order valence-corrected chi connectivity index (χ3v) is 4.13. The standard InChI is InChI=1S/C20H27N3O2/c1-14-6-9-16(10-7-14)23-19(21)22-13-20(2,3)15-8-11-17(24-4)18(12-15)25-5/h6-12H,13H2,1-5H3,(H3,21,22,23). The van der Waals surface area contributed by atoms with Crippen LogP contribution in [0.25, 0.3) is 0 Å². The van der Waals surface area contributed by atoms with Gasteiger partial charge in [0.1, 0.15) is 0 Å². The van der Waals surface area contributed by atoms with Gasteiger partial charge in [0.05, 0.1) is 20.8 Å². The number of guanidine groups is 1. The van der Waals surface area contributed by atoms with Gasteiger partial charge in [0, 0.05) is 11.1 Å². The van der Waals surface area contributed by atoms with Crippen molar-refractivity contribution in [2.24, 2.45) is 10.7 Å². The van der Waals surface area contributed by atoms with Crippen LogP contribution in [-0.2, 0) is 5.41 Å². The first kappa shape index (κ1) is 18.6. The molecular formula is C20H27N3O2. The first-order valence-corrected chi connectivity index (χ1v) is 8.22. The fourth-order valence-electron chi connectivity index (χ4n) is 2.46. The topological polar surface area (TPSA) is 68.9 Å². The van der Waals surface area contributed by atoms with Crippen LogP contribution in [0.3, 0.4) is 0 Å². The molecule has 25 heavy (non-hydrogen) atoms. The number of nitrogens with zero attached hydrogens (tertiary/aromatic N) is 1. The van der Waals surface area contributed by atoms with Gasteiger partial charge in [0.2, 0.25) is 0 Å². The van der Waals surface area contributed by atoms with Gasteiger partial charge in [0.25, 0.3) is 0 Å². The van der Waals surface area contributed by atoms with E-state index in [2.05, 4.69) is 24.2 Å². The highest BCUT2D eigenvalue weighted by molar-refractivity contribution is 5.92. The van der Waals surface area contributed by atoms with E-state index in [1.165, 1.54) is 5.56 Å². The largest absolute Gasteiger partial charge is 0.493 e. The Labute approximate surface area is 149 Å². The molecule has 0 radical (unpaired) electrons. The smallest absolute Gasteiger partial charge is 0.193 e. The quantitative estimate of drug-likeness (QED) is 0.621. The number of hydrogen-bond donors (Lipinski definition) is 2. The molecule has 0 aliphatic carbocycles. The van der Waals surface area contributed by atoms with Crippen molar-refractivity contribution in [3.05, 3.63) is 53.6 Å². The van der Waals surface area contributed by atoms with Gasteiger partial charge < -0.3 is 20.5 Å². The number of hydrogen-bond acceptors (Lipinski definition) is 3. The van der Waals surface area contributed by atoms with Crippen molar-refractivity contribution in [3.8, 4) is 11.5 Å². The Balaban J connectivity index is 2.10. The summed E-state index contributed by atoms with van der Waals surface area (Å²) >= 11 is 0. The molecule has 2 rings (SSSR count). The Kier molecular flexibility index (Phi) is 5.91. The van der Waals surface area contributed by atoms with Crippen LogP contribution in [0.1, 0.15) is 25.0 Å². The van der Waals surface area contributed by atoms with E-state index in [1.807, 2.05) is 49.4 Å². The van der Waals surface area contributed by atoms with Gasteiger partial charge >= 0.3 is 0 Å². The van der Waals surface area contributed by atoms with Crippen LogP contribution < -0.4 is 20.5 Å². The maximum atomic E-state index is 6.02. The van der Waals surface area contributed by atoms with Crippen molar-refractivity contribution in [3.63, 3.8) is 0 Å². The average Bonchev–Trinajstić information content (AvgIpc) is 2.61. The predicted molar refractivity (Wildman–Crippen MR) is 104 cm³/mol. The van der Waals surface area contributed by atoms with Crippen molar-refractivity contribution in [2.45, 2.75) is 26.2 Å². The first-order chi connectivity index (χ1) is 11.9. The van der Waals surface area contributed by atoms with E-state index in [1.54, 1.807) is 14.2 Å². The van der Waals surface area contributed by atoms with E-state index in [0.29, 0.717) is 24.0 Å². The van der Waals surface area contributed by atoms with E-state index < -0.39 is 0 Å². The lowest BCUT2D eigenvalue weighted by Gasteiger charge is -2.24. The number of rotatable bonds is 6. The summed E-state index contributed by atoms with van der Waals surface area (Å²) in [6.45, 7) is 6.84. The number of benzene rings is 2. The second-order valence-electron chi connectivity index (χ2n) is 6.65. The summed E-state index contributed by atoms with van der Waals surface area (Å²) < 4.78 is 10.7. The summed E-state index contributed by atoms with van der Waals surface area (Å²) in [7, 11) is 3.26. The van der Waals surface area contributed by atoms with E-state index in [-0.39, 0.29) is 5.41 Å². The Hall–Kier alpha value is -2.69. The van der Waals surface area contributed by atoms with Crippen LogP contribution in [-0.4, -0.2) is 26.7 Å². The van der Waals surface area contributed by atoms with Crippen LogP contribution in [0.2, 0.25) is 0 Å². The fraction of sp³-hybridized carbons (Fsp3) is 0.350. The minimum Gasteiger partial charge on any atom is -0.493 e. The normalized spacial score (nSPS) is 12.0. The minimum absolute atomic E-state index is 0.195. The van der Waals surface area contributed by atoms with Crippen molar-refractivity contribution in [1.29, 1.82) is 0 Å². The summed E-state index contributed by atoms with van der Waals surface area (Å²) in [5.74, 6) is 1.83. The molecule has 5 heteroatoms. The molecule has 0 aromatic heterocycles. The van der Waals surface area contributed by atoms with E-state index >= 15 is 0 Å². The lowest BCUT2D eigenvalue weighted by molar-refractivity contribution is 0.353. The van der Waals surface area contributed by atoms with Gasteiger partial charge in [-0.1, -0.05) is 37.6 Å². The molecule has 0 bridgehead atoms. The van der Waals surface area contributed by atoms with Crippen LogP contribution in [0.4, 0.5) is 5.69 Å². The molecule has 3 N–H and O–H groups in total. The molecule has 0 atom stereocenters. The van der Waals surface area contributed by atoms with Crippen LogP contribution in [0, 0.1) is 6.92 Å². The maximum Gasteiger partial charge on any atom is 0.193 e. The van der Waals surface area contributed by atoms with E-state index in [4.69, 9.17) is 15.2 Å². The zero-order valence-corrected chi connectivity index (χ0v) is 15.6. The molecule has 0 fully saturated rings. The highest BCUT2D eigenvalue weighted by Crippen LogP contribution is 2.33. The molecule has 5 nitrogen and oxygen atoms in total. The molecule has 0 saturated carbocycles. The van der Waals surface area contributed by atoms with Crippen molar-refractivity contribution in [2.75, 3.05) is 26.1 Å². The van der Waals surface area contributed by atoms with Crippen LogP contribution in [0.5, 0.6) is 11.5 Å². The number of methoxy groups -OCH3 is 2. The second-order valence-corrected chi connectivity index (χ2v) is 6.65. The Morgan fingerprint density at radius 3 is 2.28 bits per heavy atom. The van der Waals surface area contributed by atoms with Crippen molar-refractivity contribution in [1.82, 2.24) is 0 Å². The van der Waals surface area contributed by atoms with Gasteiger partial charge in [-0.05, 0) is 36.8 Å². The van der Waals surface area contributed by atoms with Crippen LogP contribution in [0.15, 0.2) is 47.5 Å². The number of anilines is 1. The number of nitrogens with one attached hydrogen (secondary N) is 1. The second kappa shape index (κ2) is 7.92.